The summed E-state index contributed by atoms with van der Waals surface area (Å²) >= 11 is 0. The Kier molecular flexibility index (Phi) is 3.86. The first-order chi connectivity index (χ1) is 8.79. The summed E-state index contributed by atoms with van der Waals surface area (Å²) in [6.45, 7) is 3.99. The van der Waals surface area contributed by atoms with Gasteiger partial charge in [-0.2, -0.15) is 5.10 Å². The average Bonchev–Trinajstić information content (AvgIpc) is 2.92. The van der Waals surface area contributed by atoms with E-state index in [1.807, 2.05) is 30.3 Å². The number of hydrogen-bond donors (Lipinski definition) is 1. The van der Waals surface area contributed by atoms with Crippen molar-refractivity contribution in [2.24, 2.45) is 0 Å². The van der Waals surface area contributed by atoms with Gasteiger partial charge in [0.1, 0.15) is 12.7 Å². The van der Waals surface area contributed by atoms with Gasteiger partial charge in [-0.3, -0.25) is 9.48 Å². The number of rotatable bonds is 5. The molecule has 0 aliphatic rings. The molecule has 0 saturated carbocycles. The van der Waals surface area contributed by atoms with Gasteiger partial charge in [-0.1, -0.05) is 36.9 Å². The number of nitrogens with one attached hydrogen (secondary N) is 1. The molecule has 1 atom stereocenters. The summed E-state index contributed by atoms with van der Waals surface area (Å²) < 4.78 is 1.68. The van der Waals surface area contributed by atoms with E-state index >= 15 is 0 Å². The molecule has 1 N–H and O–H groups in total. The fourth-order valence-corrected chi connectivity index (χ4v) is 1.66. The molecule has 92 valence electrons. The van der Waals surface area contributed by atoms with Gasteiger partial charge in [0.05, 0.1) is 12.6 Å². The summed E-state index contributed by atoms with van der Waals surface area (Å²) in [7, 11) is 0. The van der Waals surface area contributed by atoms with Gasteiger partial charge in [-0.05, 0) is 11.6 Å². The molecule has 0 bridgehead atoms. The molecule has 1 amide bonds. The second-order valence-electron chi connectivity index (χ2n) is 3.79. The van der Waals surface area contributed by atoms with E-state index in [2.05, 4.69) is 22.0 Å². The van der Waals surface area contributed by atoms with Crippen LogP contribution in [0.2, 0.25) is 0 Å². The molecule has 1 heterocycles. The van der Waals surface area contributed by atoms with Crippen LogP contribution in [0.5, 0.6) is 0 Å². The third-order valence-corrected chi connectivity index (χ3v) is 2.54. The van der Waals surface area contributed by atoms with Gasteiger partial charge in [0, 0.05) is 0 Å². The van der Waals surface area contributed by atoms with Gasteiger partial charge in [0.15, 0.2) is 0 Å². The largest absolute Gasteiger partial charge is 0.344 e. The Morgan fingerprint density at radius 1 is 1.44 bits per heavy atom. The van der Waals surface area contributed by atoms with Crippen LogP contribution in [-0.4, -0.2) is 20.7 Å². The highest BCUT2D eigenvalue weighted by molar-refractivity contribution is 5.87. The minimum absolute atomic E-state index is 0.154. The molecule has 0 aliphatic carbocycles. The van der Waals surface area contributed by atoms with E-state index in [9.17, 15) is 4.79 Å². The number of aromatic nitrogens is 3. The fraction of sp³-hybridized carbons (Fsp3) is 0.154. The Morgan fingerprint density at radius 3 is 2.83 bits per heavy atom. The molecule has 1 aromatic carbocycles. The summed E-state index contributed by atoms with van der Waals surface area (Å²) in [5, 5.41) is 6.92. The van der Waals surface area contributed by atoms with Gasteiger partial charge >= 0.3 is 0 Å². The summed E-state index contributed by atoms with van der Waals surface area (Å²) in [6.07, 6.45) is 4.35. The highest BCUT2D eigenvalue weighted by atomic mass is 16.1. The van der Waals surface area contributed by atoms with Crippen molar-refractivity contribution in [2.45, 2.75) is 12.6 Å². The first-order valence-electron chi connectivity index (χ1n) is 5.60. The maximum atomic E-state index is 11.4. The van der Waals surface area contributed by atoms with Crippen molar-refractivity contribution in [3.05, 3.63) is 61.2 Å². The van der Waals surface area contributed by atoms with Crippen LogP contribution in [0.1, 0.15) is 11.6 Å². The van der Waals surface area contributed by atoms with Crippen molar-refractivity contribution in [3.63, 3.8) is 0 Å². The van der Waals surface area contributed by atoms with Crippen LogP contribution in [0.25, 0.3) is 0 Å². The second kappa shape index (κ2) is 5.77. The molecule has 0 fully saturated rings. The smallest absolute Gasteiger partial charge is 0.243 e. The second-order valence-corrected chi connectivity index (χ2v) is 3.79. The van der Waals surface area contributed by atoms with Crippen molar-refractivity contribution in [1.82, 2.24) is 20.1 Å². The molecule has 2 rings (SSSR count). The summed E-state index contributed by atoms with van der Waals surface area (Å²) in [5.74, 6) is -0.205. The van der Waals surface area contributed by atoms with E-state index in [0.717, 1.165) is 5.56 Å². The Hall–Kier alpha value is -2.43. The van der Waals surface area contributed by atoms with Crippen molar-refractivity contribution in [1.29, 1.82) is 0 Å². The number of amides is 1. The minimum Gasteiger partial charge on any atom is -0.344 e. The standard InChI is InChI=1S/C13H14N4O/c1-2-13(18)16-12(8-17-10-14-9-15-17)11-6-4-3-5-7-11/h2-7,9-10,12H,1,8H2,(H,16,18)/t12-/m1/s1. The molecule has 0 aliphatic heterocycles. The molecule has 0 saturated heterocycles. The monoisotopic (exact) mass is 242 g/mol. The van der Waals surface area contributed by atoms with Gasteiger partial charge in [0.25, 0.3) is 0 Å². The Bertz CT molecular complexity index is 507. The van der Waals surface area contributed by atoms with Gasteiger partial charge in [0.2, 0.25) is 5.91 Å². The fourth-order valence-electron chi connectivity index (χ4n) is 1.66. The maximum Gasteiger partial charge on any atom is 0.243 e. The molecule has 5 heteroatoms. The summed E-state index contributed by atoms with van der Waals surface area (Å²) in [6, 6.07) is 9.58. The van der Waals surface area contributed by atoms with Crippen LogP contribution >= 0.6 is 0 Å². The average molecular weight is 242 g/mol. The van der Waals surface area contributed by atoms with E-state index in [4.69, 9.17) is 0 Å². The minimum atomic E-state index is -0.205. The lowest BCUT2D eigenvalue weighted by Gasteiger charge is -2.18. The molecule has 0 spiro atoms. The lowest BCUT2D eigenvalue weighted by atomic mass is 10.1. The van der Waals surface area contributed by atoms with Gasteiger partial charge in [-0.15, -0.1) is 0 Å². The Balaban J connectivity index is 2.17. The van der Waals surface area contributed by atoms with Crippen molar-refractivity contribution < 1.29 is 4.79 Å². The van der Waals surface area contributed by atoms with Crippen molar-refractivity contribution in [2.75, 3.05) is 0 Å². The first-order valence-corrected chi connectivity index (χ1v) is 5.60. The Morgan fingerprint density at radius 2 is 2.22 bits per heavy atom. The van der Waals surface area contributed by atoms with Crippen molar-refractivity contribution in [3.8, 4) is 0 Å². The quantitative estimate of drug-likeness (QED) is 0.804. The first kappa shape index (κ1) is 12.0. The topological polar surface area (TPSA) is 59.8 Å². The third-order valence-electron chi connectivity index (χ3n) is 2.54. The third kappa shape index (κ3) is 3.04. The van der Waals surface area contributed by atoms with E-state index in [1.165, 1.54) is 12.4 Å². The number of carbonyl (C=O) groups is 1. The van der Waals surface area contributed by atoms with Gasteiger partial charge in [-0.25, -0.2) is 4.98 Å². The predicted molar refractivity (Wildman–Crippen MR) is 67.5 cm³/mol. The summed E-state index contributed by atoms with van der Waals surface area (Å²) in [4.78, 5) is 15.3. The lowest BCUT2D eigenvalue weighted by Crippen LogP contribution is -2.30. The predicted octanol–water partition coefficient (Wildman–Crippen LogP) is 1.32. The van der Waals surface area contributed by atoms with E-state index in [-0.39, 0.29) is 11.9 Å². The van der Waals surface area contributed by atoms with Crippen LogP contribution < -0.4 is 5.32 Å². The SMILES string of the molecule is C=CC(=O)N[C@H](Cn1cncn1)c1ccccc1. The zero-order chi connectivity index (χ0) is 12.8. The molecule has 18 heavy (non-hydrogen) atoms. The Labute approximate surface area is 105 Å². The number of hydrogen-bond acceptors (Lipinski definition) is 3. The van der Waals surface area contributed by atoms with Crippen LogP contribution in [0.3, 0.4) is 0 Å². The van der Waals surface area contributed by atoms with E-state index in [1.54, 1.807) is 11.0 Å². The molecule has 2 aromatic rings. The zero-order valence-electron chi connectivity index (χ0n) is 9.86. The van der Waals surface area contributed by atoms with Crippen LogP contribution in [-0.2, 0) is 11.3 Å². The molecular formula is C13H14N4O. The lowest BCUT2D eigenvalue weighted by molar-refractivity contribution is -0.117. The number of nitrogens with zero attached hydrogens (tertiary/aromatic N) is 3. The molecule has 5 nitrogen and oxygen atoms in total. The zero-order valence-corrected chi connectivity index (χ0v) is 9.86. The highest BCUT2D eigenvalue weighted by Crippen LogP contribution is 2.14. The van der Waals surface area contributed by atoms with E-state index in [0.29, 0.717) is 6.54 Å². The molecule has 0 radical (unpaired) electrons. The van der Waals surface area contributed by atoms with E-state index < -0.39 is 0 Å². The van der Waals surface area contributed by atoms with Gasteiger partial charge < -0.3 is 5.32 Å². The normalized spacial score (nSPS) is 11.8. The number of benzene rings is 1. The van der Waals surface area contributed by atoms with Crippen LogP contribution in [0, 0.1) is 0 Å². The molecule has 0 unspecified atom stereocenters. The van der Waals surface area contributed by atoms with Crippen molar-refractivity contribution >= 4 is 5.91 Å². The van der Waals surface area contributed by atoms with Crippen LogP contribution in [0.4, 0.5) is 0 Å². The van der Waals surface area contributed by atoms with Crippen LogP contribution in [0.15, 0.2) is 55.6 Å². The molecular weight excluding hydrogens is 228 g/mol. The maximum absolute atomic E-state index is 11.4. The number of carbonyl (C=O) groups excluding carboxylic acids is 1. The molecule has 1 aromatic heterocycles. The summed E-state index contributed by atoms with van der Waals surface area (Å²) in [5.41, 5.74) is 1.02. The highest BCUT2D eigenvalue weighted by Gasteiger charge is 2.13.